The quantitative estimate of drug-likeness (QED) is 0.643. The Bertz CT molecular complexity index is 843. The molecule has 0 aliphatic heterocycles. The normalized spacial score (nSPS) is 11.9. The van der Waals surface area contributed by atoms with Gasteiger partial charge in [-0.25, -0.2) is 0 Å². The van der Waals surface area contributed by atoms with E-state index in [4.69, 9.17) is 9.47 Å². The van der Waals surface area contributed by atoms with Gasteiger partial charge in [-0.15, -0.1) is 0 Å². The highest BCUT2D eigenvalue weighted by Crippen LogP contribution is 2.27. The molecule has 0 spiro atoms. The molecule has 0 fully saturated rings. The fourth-order valence-electron chi connectivity index (χ4n) is 2.02. The number of hydrogen-bond acceptors (Lipinski definition) is 5. The number of aryl methyl sites for hydroxylation is 1. The van der Waals surface area contributed by atoms with E-state index in [2.05, 4.69) is 9.93 Å². The van der Waals surface area contributed by atoms with Crippen molar-refractivity contribution in [1.29, 1.82) is 0 Å². The van der Waals surface area contributed by atoms with Crippen LogP contribution in [0.3, 0.4) is 0 Å². The molecule has 24 heavy (non-hydrogen) atoms. The molecule has 0 unspecified atom stereocenters. The van der Waals surface area contributed by atoms with Crippen molar-refractivity contribution in [3.05, 3.63) is 53.6 Å². The first-order valence-electron chi connectivity index (χ1n) is 7.22. The van der Waals surface area contributed by atoms with Crippen LogP contribution in [0.2, 0.25) is 0 Å². The first-order chi connectivity index (χ1) is 11.4. The number of nitrogens with zero attached hydrogens (tertiary/aromatic N) is 1. The fourth-order valence-corrected chi connectivity index (χ4v) is 2.88. The van der Waals surface area contributed by atoms with E-state index < -0.39 is 10.0 Å². The third kappa shape index (κ3) is 4.05. The summed E-state index contributed by atoms with van der Waals surface area (Å²) in [6, 6.07) is 11.8. The van der Waals surface area contributed by atoms with Gasteiger partial charge >= 0.3 is 0 Å². The fraction of sp³-hybridized carbons (Fsp3) is 0.235. The lowest BCUT2D eigenvalue weighted by Gasteiger charge is -2.10. The van der Waals surface area contributed by atoms with E-state index in [-0.39, 0.29) is 4.90 Å². The molecule has 0 aliphatic rings. The van der Waals surface area contributed by atoms with Gasteiger partial charge in [-0.05, 0) is 44.2 Å². The lowest BCUT2D eigenvalue weighted by atomic mass is 10.1. The van der Waals surface area contributed by atoms with Crippen molar-refractivity contribution in [3.63, 3.8) is 0 Å². The molecule has 2 rings (SSSR count). The molecular formula is C17H20N2O4S. The van der Waals surface area contributed by atoms with Crippen molar-refractivity contribution in [2.45, 2.75) is 18.7 Å². The van der Waals surface area contributed by atoms with Gasteiger partial charge in [0.05, 0.1) is 24.8 Å². The zero-order valence-electron chi connectivity index (χ0n) is 14.0. The van der Waals surface area contributed by atoms with Crippen molar-refractivity contribution in [2.24, 2.45) is 5.10 Å². The summed E-state index contributed by atoms with van der Waals surface area (Å²) in [7, 11) is -0.616. The molecule has 0 heterocycles. The van der Waals surface area contributed by atoms with Crippen LogP contribution in [0, 0.1) is 6.92 Å². The molecule has 0 saturated carbocycles. The Morgan fingerprint density at radius 2 is 1.62 bits per heavy atom. The summed E-state index contributed by atoms with van der Waals surface area (Å²) in [5, 5.41) is 3.98. The van der Waals surface area contributed by atoms with Crippen LogP contribution in [0.15, 0.2) is 52.5 Å². The van der Waals surface area contributed by atoms with Crippen LogP contribution in [0.5, 0.6) is 11.5 Å². The largest absolute Gasteiger partial charge is 0.493 e. The molecule has 1 N–H and O–H groups in total. The smallest absolute Gasteiger partial charge is 0.276 e. The SMILES string of the molecule is COc1ccc(/C(C)=N/NS(=O)(=O)c2ccc(C)cc2)cc1OC. The van der Waals surface area contributed by atoms with E-state index in [1.54, 1.807) is 56.5 Å². The zero-order chi connectivity index (χ0) is 17.7. The predicted octanol–water partition coefficient (Wildman–Crippen LogP) is 2.71. The van der Waals surface area contributed by atoms with E-state index in [1.165, 1.54) is 7.11 Å². The van der Waals surface area contributed by atoms with Crippen LogP contribution in [0.4, 0.5) is 0 Å². The highest BCUT2D eigenvalue weighted by atomic mass is 32.2. The first-order valence-corrected chi connectivity index (χ1v) is 8.71. The molecule has 0 aliphatic carbocycles. The van der Waals surface area contributed by atoms with Gasteiger partial charge in [0.2, 0.25) is 0 Å². The second kappa shape index (κ2) is 7.35. The van der Waals surface area contributed by atoms with E-state index in [1.807, 2.05) is 6.92 Å². The highest BCUT2D eigenvalue weighted by molar-refractivity contribution is 7.89. The minimum Gasteiger partial charge on any atom is -0.493 e. The number of nitrogens with one attached hydrogen (secondary N) is 1. The monoisotopic (exact) mass is 348 g/mol. The van der Waals surface area contributed by atoms with E-state index in [0.717, 1.165) is 11.1 Å². The Morgan fingerprint density at radius 1 is 1.00 bits per heavy atom. The summed E-state index contributed by atoms with van der Waals surface area (Å²) in [6.07, 6.45) is 0. The summed E-state index contributed by atoms with van der Waals surface area (Å²) < 4.78 is 34.9. The van der Waals surface area contributed by atoms with Gasteiger partial charge in [0.1, 0.15) is 0 Å². The lowest BCUT2D eigenvalue weighted by Crippen LogP contribution is -2.20. The molecule has 0 bridgehead atoms. The van der Waals surface area contributed by atoms with Crippen LogP contribution in [-0.2, 0) is 10.0 Å². The van der Waals surface area contributed by atoms with E-state index >= 15 is 0 Å². The number of ether oxygens (including phenoxy) is 2. The topological polar surface area (TPSA) is 77.0 Å². The highest BCUT2D eigenvalue weighted by Gasteiger charge is 2.13. The van der Waals surface area contributed by atoms with Crippen molar-refractivity contribution >= 4 is 15.7 Å². The maximum atomic E-state index is 12.2. The number of hydrogen-bond donors (Lipinski definition) is 1. The predicted molar refractivity (Wildman–Crippen MR) is 93.3 cm³/mol. The third-order valence-electron chi connectivity index (χ3n) is 3.47. The maximum Gasteiger partial charge on any atom is 0.276 e. The van der Waals surface area contributed by atoms with Gasteiger partial charge in [-0.3, -0.25) is 0 Å². The minimum absolute atomic E-state index is 0.164. The molecule has 128 valence electrons. The average Bonchev–Trinajstić information content (AvgIpc) is 2.59. The van der Waals surface area contributed by atoms with Crippen molar-refractivity contribution in [1.82, 2.24) is 4.83 Å². The van der Waals surface area contributed by atoms with Crippen molar-refractivity contribution < 1.29 is 17.9 Å². The van der Waals surface area contributed by atoms with Gasteiger partial charge in [0.15, 0.2) is 11.5 Å². The summed E-state index contributed by atoms with van der Waals surface area (Å²) in [5.41, 5.74) is 2.21. The Balaban J connectivity index is 2.23. The summed E-state index contributed by atoms with van der Waals surface area (Å²) in [4.78, 5) is 2.41. The molecule has 2 aromatic carbocycles. The third-order valence-corrected chi connectivity index (χ3v) is 4.69. The van der Waals surface area contributed by atoms with Gasteiger partial charge in [0.25, 0.3) is 10.0 Å². The molecule has 0 aromatic heterocycles. The molecular weight excluding hydrogens is 328 g/mol. The molecule has 6 nitrogen and oxygen atoms in total. The summed E-state index contributed by atoms with van der Waals surface area (Å²) >= 11 is 0. The second-order valence-corrected chi connectivity index (χ2v) is 6.84. The standard InChI is InChI=1S/C17H20N2O4S/c1-12-5-8-15(9-6-12)24(20,21)19-18-13(2)14-7-10-16(22-3)17(11-14)23-4/h5-11,19H,1-4H3/b18-13+. The molecule has 0 radical (unpaired) electrons. The van der Waals surface area contributed by atoms with Crippen molar-refractivity contribution in [2.75, 3.05) is 14.2 Å². The van der Waals surface area contributed by atoms with Gasteiger partial charge < -0.3 is 9.47 Å². The van der Waals surface area contributed by atoms with Gasteiger partial charge in [-0.2, -0.15) is 18.4 Å². The van der Waals surface area contributed by atoms with Gasteiger partial charge in [0, 0.05) is 5.56 Å². The molecule has 2 aromatic rings. The van der Waals surface area contributed by atoms with Crippen molar-refractivity contribution in [3.8, 4) is 11.5 Å². The Morgan fingerprint density at radius 3 is 2.21 bits per heavy atom. The van der Waals surface area contributed by atoms with Crippen LogP contribution in [0.1, 0.15) is 18.1 Å². The number of methoxy groups -OCH3 is 2. The molecule has 0 atom stereocenters. The van der Waals surface area contributed by atoms with Crippen LogP contribution >= 0.6 is 0 Å². The Kier molecular flexibility index (Phi) is 5.46. The lowest BCUT2D eigenvalue weighted by molar-refractivity contribution is 0.355. The summed E-state index contributed by atoms with van der Waals surface area (Å²) in [6.45, 7) is 3.60. The number of hydrazone groups is 1. The number of benzene rings is 2. The van der Waals surface area contributed by atoms with Crippen LogP contribution in [-0.4, -0.2) is 28.3 Å². The molecule has 0 saturated heterocycles. The molecule has 7 heteroatoms. The Labute approximate surface area is 142 Å². The van der Waals surface area contributed by atoms with E-state index in [9.17, 15) is 8.42 Å². The minimum atomic E-state index is -3.70. The maximum absolute atomic E-state index is 12.2. The van der Waals surface area contributed by atoms with Crippen LogP contribution in [0.25, 0.3) is 0 Å². The number of sulfonamides is 1. The number of rotatable bonds is 6. The second-order valence-electron chi connectivity index (χ2n) is 5.17. The van der Waals surface area contributed by atoms with E-state index in [0.29, 0.717) is 17.2 Å². The zero-order valence-corrected chi connectivity index (χ0v) is 14.8. The first kappa shape index (κ1) is 17.8. The van der Waals surface area contributed by atoms with Gasteiger partial charge in [-0.1, -0.05) is 17.7 Å². The Hall–Kier alpha value is -2.54. The molecule has 0 amide bonds. The van der Waals surface area contributed by atoms with Crippen LogP contribution < -0.4 is 14.3 Å². The summed E-state index contributed by atoms with van der Waals surface area (Å²) in [5.74, 6) is 1.14. The average molecular weight is 348 g/mol.